The Morgan fingerprint density at radius 1 is 1.07 bits per heavy atom. The molecule has 11 heteroatoms. The number of H-pyrrole nitrogens is 1. The van der Waals surface area contributed by atoms with Crippen molar-refractivity contribution in [1.29, 1.82) is 0 Å². The van der Waals surface area contributed by atoms with Gasteiger partial charge in [-0.05, 0) is 43.7 Å². The number of hydrogen-bond donors (Lipinski definition) is 2. The average Bonchev–Trinajstić information content (AvgIpc) is 3.61. The molecule has 4 aromatic heterocycles. The highest BCUT2D eigenvalue weighted by molar-refractivity contribution is 6.01. The summed E-state index contributed by atoms with van der Waals surface area (Å²) in [4.78, 5) is 49.6. The predicted octanol–water partition coefficient (Wildman–Crippen LogP) is 3.38. The van der Waals surface area contributed by atoms with E-state index in [1.165, 1.54) is 17.0 Å². The fourth-order valence-electron chi connectivity index (χ4n) is 4.85. The van der Waals surface area contributed by atoms with Gasteiger partial charge in [-0.3, -0.25) is 24.0 Å². The van der Waals surface area contributed by atoms with Crippen LogP contribution in [0.25, 0.3) is 22.2 Å². The summed E-state index contributed by atoms with van der Waals surface area (Å²) in [6.45, 7) is 3.51. The molecule has 0 fully saturated rings. The van der Waals surface area contributed by atoms with Crippen LogP contribution in [0.3, 0.4) is 0 Å². The van der Waals surface area contributed by atoms with Crippen molar-refractivity contribution in [3.63, 3.8) is 0 Å². The molecule has 40 heavy (non-hydrogen) atoms. The predicted molar refractivity (Wildman–Crippen MR) is 148 cm³/mol. The maximum absolute atomic E-state index is 14.1. The number of aryl methyl sites for hydroxylation is 1. The van der Waals surface area contributed by atoms with Crippen molar-refractivity contribution in [2.75, 3.05) is 0 Å². The van der Waals surface area contributed by atoms with Gasteiger partial charge in [0, 0.05) is 25.0 Å². The number of para-hydroxylation sites is 1. The number of rotatable bonds is 7. The van der Waals surface area contributed by atoms with Crippen LogP contribution in [-0.4, -0.2) is 46.0 Å². The van der Waals surface area contributed by atoms with Gasteiger partial charge in [0.05, 0.1) is 40.1 Å². The summed E-state index contributed by atoms with van der Waals surface area (Å²) in [7, 11) is 0. The van der Waals surface area contributed by atoms with Crippen molar-refractivity contribution in [3.8, 4) is 5.69 Å². The number of carbonyl (C=O) groups is 2. The average molecular weight is 533 g/mol. The molecule has 6 rings (SSSR count). The molecule has 1 amide bonds. The molecule has 0 radical (unpaired) electrons. The normalized spacial score (nSPS) is 12.1. The van der Waals surface area contributed by atoms with Crippen LogP contribution >= 0.6 is 0 Å². The number of amides is 1. The Morgan fingerprint density at radius 2 is 1.90 bits per heavy atom. The first-order valence-electron chi connectivity index (χ1n) is 12.6. The fourth-order valence-corrected chi connectivity index (χ4v) is 4.85. The number of Topliss-reactive ketones (excluding diaryl/α,β-unsaturated/α-hetero) is 1. The Hall–Kier alpha value is -5.45. The van der Waals surface area contributed by atoms with Crippen LogP contribution in [0.15, 0.2) is 84.2 Å². The van der Waals surface area contributed by atoms with Crippen LogP contribution in [0.1, 0.15) is 50.8 Å². The Kier molecular flexibility index (Phi) is 6.23. The van der Waals surface area contributed by atoms with Gasteiger partial charge in [0.25, 0.3) is 11.5 Å². The summed E-state index contributed by atoms with van der Waals surface area (Å²) in [6.07, 6.45) is 6.32. The Balaban J connectivity index is 1.46. The zero-order chi connectivity index (χ0) is 27.8. The molecule has 6 aromatic rings. The van der Waals surface area contributed by atoms with Crippen molar-refractivity contribution in [2.45, 2.75) is 26.3 Å². The zero-order valence-electron chi connectivity index (χ0n) is 21.7. The monoisotopic (exact) mass is 532 g/mol. The first-order chi connectivity index (χ1) is 19.4. The summed E-state index contributed by atoms with van der Waals surface area (Å²) in [6, 6.07) is 15.4. The van der Waals surface area contributed by atoms with Crippen LogP contribution in [0.5, 0.6) is 0 Å². The van der Waals surface area contributed by atoms with E-state index in [0.717, 1.165) is 0 Å². The van der Waals surface area contributed by atoms with Gasteiger partial charge in [0.1, 0.15) is 11.4 Å². The standard InChI is InChI=1S/C29H24N8O3/c1-17-24(27-30-12-7-13-36(27)35-17)28(39)33-18(2)26-34-22-11-6-8-19(14-23(38)20-15-31-32-16-20)25(22)29(40)37(26)21-9-4-3-5-10-21/h3-13,15-16,18H,14H2,1-2H3,(H,31,32)(H,33,39)/t18-/m0/s1. The molecule has 2 aromatic carbocycles. The van der Waals surface area contributed by atoms with E-state index in [1.807, 2.05) is 18.2 Å². The van der Waals surface area contributed by atoms with E-state index in [-0.39, 0.29) is 23.7 Å². The molecule has 2 N–H and O–H groups in total. The van der Waals surface area contributed by atoms with Crippen molar-refractivity contribution in [1.82, 2.24) is 39.7 Å². The number of benzene rings is 2. The van der Waals surface area contributed by atoms with E-state index in [4.69, 9.17) is 4.98 Å². The minimum Gasteiger partial charge on any atom is -0.342 e. The van der Waals surface area contributed by atoms with E-state index in [9.17, 15) is 14.4 Å². The third kappa shape index (κ3) is 4.33. The van der Waals surface area contributed by atoms with Crippen LogP contribution < -0.4 is 10.9 Å². The number of nitrogens with one attached hydrogen (secondary N) is 2. The number of ketones is 1. The second-order valence-corrected chi connectivity index (χ2v) is 9.39. The minimum absolute atomic E-state index is 0.00915. The molecule has 11 nitrogen and oxygen atoms in total. The first kappa shape index (κ1) is 24.9. The van der Waals surface area contributed by atoms with Gasteiger partial charge < -0.3 is 5.32 Å². The van der Waals surface area contributed by atoms with Crippen molar-refractivity contribution < 1.29 is 9.59 Å². The lowest BCUT2D eigenvalue weighted by molar-refractivity contribution is 0.0937. The molecule has 0 aliphatic carbocycles. The molecule has 198 valence electrons. The zero-order valence-corrected chi connectivity index (χ0v) is 21.7. The maximum atomic E-state index is 14.1. The van der Waals surface area contributed by atoms with Gasteiger partial charge in [0.15, 0.2) is 11.4 Å². The molecule has 0 aliphatic heterocycles. The molecule has 0 bridgehead atoms. The summed E-state index contributed by atoms with van der Waals surface area (Å²) >= 11 is 0. The molecule has 4 heterocycles. The summed E-state index contributed by atoms with van der Waals surface area (Å²) in [5.41, 5.74) is 2.98. The molecule has 0 spiro atoms. The highest BCUT2D eigenvalue weighted by Gasteiger charge is 2.25. The minimum atomic E-state index is -0.668. The van der Waals surface area contributed by atoms with E-state index < -0.39 is 6.04 Å². The molecular formula is C29H24N8O3. The lowest BCUT2D eigenvalue weighted by Gasteiger charge is -2.20. The third-order valence-corrected chi connectivity index (χ3v) is 6.73. The lowest BCUT2D eigenvalue weighted by atomic mass is 10.0. The van der Waals surface area contributed by atoms with Crippen molar-refractivity contribution in [2.24, 2.45) is 0 Å². The highest BCUT2D eigenvalue weighted by atomic mass is 16.2. The van der Waals surface area contributed by atoms with Crippen LogP contribution in [0, 0.1) is 6.92 Å². The van der Waals surface area contributed by atoms with Gasteiger partial charge in [-0.1, -0.05) is 30.3 Å². The molecule has 1 atom stereocenters. The second-order valence-electron chi connectivity index (χ2n) is 9.39. The highest BCUT2D eigenvalue weighted by Crippen LogP contribution is 2.22. The lowest BCUT2D eigenvalue weighted by Crippen LogP contribution is -2.33. The number of hydrogen-bond acceptors (Lipinski definition) is 7. The maximum Gasteiger partial charge on any atom is 0.266 e. The fraction of sp³-hybridized carbons (Fsp3) is 0.138. The van der Waals surface area contributed by atoms with E-state index in [2.05, 4.69) is 25.6 Å². The second kappa shape index (κ2) is 10.0. The Bertz CT molecular complexity index is 1940. The molecule has 0 saturated heterocycles. The molecule has 0 unspecified atom stereocenters. The Morgan fingerprint density at radius 3 is 2.67 bits per heavy atom. The topological polar surface area (TPSA) is 140 Å². The van der Waals surface area contributed by atoms with Crippen LogP contribution in [0.2, 0.25) is 0 Å². The van der Waals surface area contributed by atoms with Crippen LogP contribution in [0.4, 0.5) is 0 Å². The van der Waals surface area contributed by atoms with Gasteiger partial charge in [-0.15, -0.1) is 0 Å². The van der Waals surface area contributed by atoms with Gasteiger partial charge in [-0.2, -0.15) is 10.2 Å². The number of aromatic nitrogens is 7. The number of fused-ring (bicyclic) bond motifs is 2. The third-order valence-electron chi connectivity index (χ3n) is 6.73. The van der Waals surface area contributed by atoms with Crippen molar-refractivity contribution in [3.05, 3.63) is 118 Å². The molecule has 0 aliphatic rings. The number of nitrogens with zero attached hydrogens (tertiary/aromatic N) is 6. The largest absolute Gasteiger partial charge is 0.342 e. The quantitative estimate of drug-likeness (QED) is 0.300. The van der Waals surface area contributed by atoms with E-state index >= 15 is 0 Å². The van der Waals surface area contributed by atoms with E-state index in [1.54, 1.807) is 67.2 Å². The summed E-state index contributed by atoms with van der Waals surface area (Å²) < 4.78 is 3.04. The summed E-state index contributed by atoms with van der Waals surface area (Å²) in [5, 5.41) is 14.2. The number of carbonyl (C=O) groups excluding carboxylic acids is 2. The van der Waals surface area contributed by atoms with E-state index in [0.29, 0.717) is 50.4 Å². The molecule has 0 saturated carbocycles. The van der Waals surface area contributed by atoms with Gasteiger partial charge in [-0.25, -0.2) is 14.5 Å². The van der Waals surface area contributed by atoms with Crippen molar-refractivity contribution >= 4 is 28.2 Å². The smallest absolute Gasteiger partial charge is 0.266 e. The SMILES string of the molecule is Cc1nn2cccnc2c1C(=O)N[C@@H](C)c1nc2cccc(CC(=O)c3cn[nH]c3)c2c(=O)n1-c1ccccc1. The first-order valence-corrected chi connectivity index (χ1v) is 12.6. The van der Waals surface area contributed by atoms with Gasteiger partial charge in [0.2, 0.25) is 0 Å². The number of aromatic amines is 1. The Labute approximate surface area is 227 Å². The van der Waals surface area contributed by atoms with Crippen LogP contribution in [-0.2, 0) is 6.42 Å². The summed E-state index contributed by atoms with van der Waals surface area (Å²) in [5.74, 6) is -0.210. The molecular weight excluding hydrogens is 508 g/mol. The van der Waals surface area contributed by atoms with Gasteiger partial charge >= 0.3 is 0 Å².